The van der Waals surface area contributed by atoms with Gasteiger partial charge >= 0.3 is 0 Å². The molecule has 0 atom stereocenters. The lowest BCUT2D eigenvalue weighted by molar-refractivity contribution is -0.121. The molecule has 0 saturated carbocycles. The van der Waals surface area contributed by atoms with Crippen molar-refractivity contribution in [3.8, 4) is 11.4 Å². The average Bonchev–Trinajstić information content (AvgIpc) is 3.29. The van der Waals surface area contributed by atoms with E-state index in [1.54, 1.807) is 35.2 Å². The molecular weight excluding hydrogens is 502 g/mol. The van der Waals surface area contributed by atoms with Crippen LogP contribution in [0.1, 0.15) is 23.2 Å². The van der Waals surface area contributed by atoms with Gasteiger partial charge in [-0.3, -0.25) is 9.59 Å². The number of piperidine rings is 1. The fourth-order valence-electron chi connectivity index (χ4n) is 3.47. The Morgan fingerprint density at radius 3 is 2.63 bits per heavy atom. The summed E-state index contributed by atoms with van der Waals surface area (Å²) in [6.07, 6.45) is 1.04. The number of amides is 2. The third-order valence-corrected chi connectivity index (χ3v) is 5.96. The molecule has 8 nitrogen and oxygen atoms in total. The minimum atomic E-state index is -0.520. The zero-order chi connectivity index (χ0) is 21.1. The van der Waals surface area contributed by atoms with E-state index < -0.39 is 5.82 Å². The zero-order valence-corrected chi connectivity index (χ0v) is 18.0. The molecule has 1 aromatic heterocycles. The van der Waals surface area contributed by atoms with E-state index in [1.165, 1.54) is 6.07 Å². The van der Waals surface area contributed by atoms with E-state index in [0.29, 0.717) is 41.0 Å². The van der Waals surface area contributed by atoms with Gasteiger partial charge in [0.15, 0.2) is 0 Å². The first-order valence-electron chi connectivity index (χ1n) is 9.41. The fourth-order valence-corrected chi connectivity index (χ4v) is 4.17. The lowest BCUT2D eigenvalue weighted by Gasteiger charge is -2.31. The number of nitrogens with one attached hydrogen (secondary N) is 2. The van der Waals surface area contributed by atoms with Crippen LogP contribution < -0.4 is 5.32 Å². The summed E-state index contributed by atoms with van der Waals surface area (Å²) in [6.45, 7) is 0.814. The summed E-state index contributed by atoms with van der Waals surface area (Å²) in [4.78, 5) is 27.0. The molecule has 4 rings (SSSR count). The number of aromatic nitrogens is 4. The van der Waals surface area contributed by atoms with Gasteiger partial charge in [0.05, 0.1) is 5.56 Å². The highest BCUT2D eigenvalue weighted by molar-refractivity contribution is 14.1. The summed E-state index contributed by atoms with van der Waals surface area (Å²) in [5.74, 6) is -0.728. The van der Waals surface area contributed by atoms with Gasteiger partial charge in [-0.25, -0.2) is 4.39 Å². The normalized spacial score (nSPS) is 14.5. The molecule has 2 aromatic carbocycles. The molecular formula is C20H18FIN6O2. The highest BCUT2D eigenvalue weighted by Gasteiger charge is 2.29. The molecule has 1 aliphatic heterocycles. The minimum Gasteiger partial charge on any atom is -0.338 e. The molecule has 0 spiro atoms. The number of aromatic amines is 1. The smallest absolute Gasteiger partial charge is 0.257 e. The number of anilines is 1. The highest BCUT2D eigenvalue weighted by atomic mass is 127. The third-order valence-electron chi connectivity index (χ3n) is 5.06. The molecule has 1 saturated heterocycles. The Labute approximate surface area is 185 Å². The van der Waals surface area contributed by atoms with Crippen molar-refractivity contribution >= 4 is 40.1 Å². The van der Waals surface area contributed by atoms with Crippen molar-refractivity contribution in [3.63, 3.8) is 0 Å². The lowest BCUT2D eigenvalue weighted by atomic mass is 9.95. The van der Waals surface area contributed by atoms with Crippen molar-refractivity contribution in [1.29, 1.82) is 0 Å². The number of carbonyl (C=O) groups excluding carboxylic acids is 2. The van der Waals surface area contributed by atoms with E-state index in [1.807, 2.05) is 28.7 Å². The summed E-state index contributed by atoms with van der Waals surface area (Å²) in [5, 5.41) is 16.7. The van der Waals surface area contributed by atoms with E-state index in [4.69, 9.17) is 0 Å². The van der Waals surface area contributed by atoms with Crippen LogP contribution in [0.2, 0.25) is 0 Å². The Morgan fingerprint density at radius 1 is 1.17 bits per heavy atom. The number of hydrogen-bond donors (Lipinski definition) is 2. The Bertz CT molecular complexity index is 1050. The first-order valence-corrected chi connectivity index (χ1v) is 10.5. The van der Waals surface area contributed by atoms with Crippen LogP contribution in [-0.2, 0) is 4.79 Å². The molecule has 2 heterocycles. The Kier molecular flexibility index (Phi) is 6.02. The molecule has 2 N–H and O–H groups in total. The van der Waals surface area contributed by atoms with Gasteiger partial charge in [-0.15, -0.1) is 10.2 Å². The number of benzene rings is 2. The maximum atomic E-state index is 14.1. The second kappa shape index (κ2) is 8.86. The van der Waals surface area contributed by atoms with Crippen molar-refractivity contribution < 1.29 is 14.0 Å². The van der Waals surface area contributed by atoms with Crippen LogP contribution in [0.5, 0.6) is 0 Å². The van der Waals surface area contributed by atoms with Crippen LogP contribution in [0.15, 0.2) is 42.5 Å². The number of H-pyrrole nitrogens is 1. The van der Waals surface area contributed by atoms with Crippen LogP contribution in [0.3, 0.4) is 0 Å². The number of likely N-dealkylation sites (tertiary alicyclic amines) is 1. The fraction of sp³-hybridized carbons (Fsp3) is 0.250. The molecule has 3 aromatic rings. The summed E-state index contributed by atoms with van der Waals surface area (Å²) in [7, 11) is 0. The largest absolute Gasteiger partial charge is 0.338 e. The maximum absolute atomic E-state index is 14.1. The van der Waals surface area contributed by atoms with Gasteiger partial charge in [0.2, 0.25) is 11.7 Å². The molecule has 0 unspecified atom stereocenters. The number of tetrazole rings is 1. The topological polar surface area (TPSA) is 104 Å². The van der Waals surface area contributed by atoms with E-state index in [2.05, 4.69) is 25.9 Å². The van der Waals surface area contributed by atoms with Gasteiger partial charge in [0, 0.05) is 33.8 Å². The SMILES string of the molecule is O=C(Nc1cccc(-c2nn[nH]n2)c1)C1CCN(C(=O)c2c(F)cccc2I)CC1. The highest BCUT2D eigenvalue weighted by Crippen LogP contribution is 2.25. The molecule has 10 heteroatoms. The lowest BCUT2D eigenvalue weighted by Crippen LogP contribution is -2.42. The Hall–Kier alpha value is -2.89. The van der Waals surface area contributed by atoms with Gasteiger partial charge in [-0.2, -0.15) is 5.21 Å². The van der Waals surface area contributed by atoms with Crippen molar-refractivity contribution in [2.45, 2.75) is 12.8 Å². The predicted octanol–water partition coefficient (Wildman–Crippen LogP) is 3.10. The first-order chi connectivity index (χ1) is 14.5. The number of halogens is 2. The van der Waals surface area contributed by atoms with E-state index in [-0.39, 0.29) is 23.3 Å². The van der Waals surface area contributed by atoms with Crippen LogP contribution in [0, 0.1) is 15.3 Å². The Morgan fingerprint density at radius 2 is 1.93 bits per heavy atom. The molecule has 1 aliphatic rings. The number of rotatable bonds is 4. The van der Waals surface area contributed by atoms with Crippen molar-refractivity contribution in [2.24, 2.45) is 5.92 Å². The van der Waals surface area contributed by atoms with Crippen molar-refractivity contribution in [2.75, 3.05) is 18.4 Å². The second-order valence-electron chi connectivity index (χ2n) is 6.97. The predicted molar refractivity (Wildman–Crippen MR) is 116 cm³/mol. The van der Waals surface area contributed by atoms with E-state index >= 15 is 0 Å². The van der Waals surface area contributed by atoms with Gasteiger partial charge in [0.1, 0.15) is 5.82 Å². The minimum absolute atomic E-state index is 0.0966. The number of carbonyl (C=O) groups is 2. The molecule has 0 bridgehead atoms. The van der Waals surface area contributed by atoms with Gasteiger partial charge in [0.25, 0.3) is 5.91 Å². The van der Waals surface area contributed by atoms with E-state index in [0.717, 1.165) is 5.56 Å². The van der Waals surface area contributed by atoms with Gasteiger partial charge in [-0.05, 0) is 64.9 Å². The van der Waals surface area contributed by atoms with Gasteiger partial charge < -0.3 is 10.2 Å². The monoisotopic (exact) mass is 520 g/mol. The molecule has 0 aliphatic carbocycles. The summed E-state index contributed by atoms with van der Waals surface area (Å²) >= 11 is 1.96. The molecule has 1 fully saturated rings. The summed E-state index contributed by atoms with van der Waals surface area (Å²) < 4.78 is 14.7. The molecule has 2 amide bonds. The molecule has 154 valence electrons. The van der Waals surface area contributed by atoms with Crippen LogP contribution in [0.25, 0.3) is 11.4 Å². The zero-order valence-electron chi connectivity index (χ0n) is 15.8. The third kappa shape index (κ3) is 4.32. The Balaban J connectivity index is 1.37. The van der Waals surface area contributed by atoms with Crippen LogP contribution >= 0.6 is 22.6 Å². The molecule has 30 heavy (non-hydrogen) atoms. The van der Waals surface area contributed by atoms with Gasteiger partial charge in [-0.1, -0.05) is 18.2 Å². The number of hydrogen-bond acceptors (Lipinski definition) is 5. The quantitative estimate of drug-likeness (QED) is 0.515. The summed E-state index contributed by atoms with van der Waals surface area (Å²) in [5.41, 5.74) is 1.47. The van der Waals surface area contributed by atoms with Crippen molar-refractivity contribution in [3.05, 3.63) is 57.4 Å². The van der Waals surface area contributed by atoms with Crippen LogP contribution in [0.4, 0.5) is 10.1 Å². The van der Waals surface area contributed by atoms with E-state index in [9.17, 15) is 14.0 Å². The second-order valence-corrected chi connectivity index (χ2v) is 8.13. The maximum Gasteiger partial charge on any atom is 0.257 e. The van der Waals surface area contributed by atoms with Crippen LogP contribution in [-0.4, -0.2) is 50.4 Å². The van der Waals surface area contributed by atoms with Crippen molar-refractivity contribution in [1.82, 2.24) is 25.5 Å². The average molecular weight is 520 g/mol. The number of nitrogens with zero attached hydrogens (tertiary/aromatic N) is 4. The first kappa shape index (κ1) is 20.4. The summed E-state index contributed by atoms with van der Waals surface area (Å²) in [6, 6.07) is 11.8. The standard InChI is InChI=1S/C20H18FIN6O2/c21-15-5-2-6-16(22)17(15)20(30)28-9-7-12(8-10-28)19(29)23-14-4-1-3-13(11-14)18-24-26-27-25-18/h1-6,11-12H,7-10H2,(H,23,29)(H,24,25,26,27). The molecule has 0 radical (unpaired) electrons.